The van der Waals surface area contributed by atoms with Gasteiger partial charge in [0.05, 0.1) is 0 Å². The van der Waals surface area contributed by atoms with Crippen LogP contribution >= 0.6 is 0 Å². The molecule has 0 radical (unpaired) electrons. The van der Waals surface area contributed by atoms with Gasteiger partial charge in [-0.05, 0) is 49.1 Å². The van der Waals surface area contributed by atoms with E-state index in [1.54, 1.807) is 12.1 Å². The van der Waals surface area contributed by atoms with Gasteiger partial charge in [0, 0.05) is 6.04 Å². The molecule has 3 heteroatoms. The zero-order valence-corrected chi connectivity index (χ0v) is 11.9. The summed E-state index contributed by atoms with van der Waals surface area (Å²) in [5.41, 5.74) is 9.02. The van der Waals surface area contributed by atoms with Crippen molar-refractivity contribution in [1.29, 1.82) is 0 Å². The molecule has 2 aromatic rings. The molecule has 0 bridgehead atoms. The maximum Gasteiger partial charge on any atom is 0.125 e. The number of aryl methyl sites for hydroxylation is 1. The standard InChI is InChI=1S/C17H20FNO/c1-12-4-3-5-15(10-13(2)19)17(12)20-11-14-6-8-16(18)9-7-14/h3-9,13H,10-11,19H2,1-2H3. The van der Waals surface area contributed by atoms with Gasteiger partial charge in [-0.3, -0.25) is 0 Å². The fourth-order valence-electron chi connectivity index (χ4n) is 2.16. The average Bonchev–Trinajstić information content (AvgIpc) is 2.39. The fourth-order valence-corrected chi connectivity index (χ4v) is 2.16. The third kappa shape index (κ3) is 3.81. The van der Waals surface area contributed by atoms with Crippen LogP contribution in [0.15, 0.2) is 42.5 Å². The summed E-state index contributed by atoms with van der Waals surface area (Å²) in [6.07, 6.45) is 0.778. The van der Waals surface area contributed by atoms with Crippen molar-refractivity contribution in [3.63, 3.8) is 0 Å². The van der Waals surface area contributed by atoms with E-state index in [0.29, 0.717) is 6.61 Å². The second-order valence-corrected chi connectivity index (χ2v) is 5.16. The summed E-state index contributed by atoms with van der Waals surface area (Å²) in [6.45, 7) is 4.42. The zero-order valence-electron chi connectivity index (χ0n) is 11.9. The van der Waals surface area contributed by atoms with Crippen molar-refractivity contribution in [3.8, 4) is 5.75 Å². The van der Waals surface area contributed by atoms with E-state index in [1.807, 2.05) is 32.0 Å². The highest BCUT2D eigenvalue weighted by Gasteiger charge is 2.09. The molecule has 1 unspecified atom stereocenters. The molecule has 0 aliphatic carbocycles. The van der Waals surface area contributed by atoms with Gasteiger partial charge >= 0.3 is 0 Å². The number of hydrogen-bond acceptors (Lipinski definition) is 2. The van der Waals surface area contributed by atoms with Crippen LogP contribution in [-0.4, -0.2) is 6.04 Å². The average molecular weight is 273 g/mol. The molecule has 2 rings (SSSR count). The highest BCUT2D eigenvalue weighted by atomic mass is 19.1. The van der Waals surface area contributed by atoms with Crippen LogP contribution in [0.25, 0.3) is 0 Å². The summed E-state index contributed by atoms with van der Waals surface area (Å²) in [5, 5.41) is 0. The Bertz CT molecular complexity index is 564. The summed E-state index contributed by atoms with van der Waals surface area (Å²) < 4.78 is 18.8. The van der Waals surface area contributed by atoms with Crippen LogP contribution in [0, 0.1) is 12.7 Å². The molecule has 2 aromatic carbocycles. The van der Waals surface area contributed by atoms with Gasteiger partial charge in [0.1, 0.15) is 18.2 Å². The molecule has 1 atom stereocenters. The predicted octanol–water partition coefficient (Wildman–Crippen LogP) is 3.60. The first-order valence-corrected chi connectivity index (χ1v) is 6.77. The van der Waals surface area contributed by atoms with Gasteiger partial charge in [-0.25, -0.2) is 4.39 Å². The van der Waals surface area contributed by atoms with Crippen LogP contribution in [0.2, 0.25) is 0 Å². The van der Waals surface area contributed by atoms with Gasteiger partial charge in [0.25, 0.3) is 0 Å². The fraction of sp³-hybridized carbons (Fsp3) is 0.294. The largest absolute Gasteiger partial charge is 0.488 e. The number of rotatable bonds is 5. The minimum absolute atomic E-state index is 0.0879. The molecule has 0 spiro atoms. The van der Waals surface area contributed by atoms with Gasteiger partial charge in [-0.15, -0.1) is 0 Å². The Morgan fingerprint density at radius 3 is 2.50 bits per heavy atom. The van der Waals surface area contributed by atoms with Gasteiger partial charge in [0.15, 0.2) is 0 Å². The highest BCUT2D eigenvalue weighted by Crippen LogP contribution is 2.25. The molecule has 0 aliphatic heterocycles. The molecule has 0 fully saturated rings. The summed E-state index contributed by atoms with van der Waals surface area (Å²) in [6, 6.07) is 12.5. The van der Waals surface area contributed by atoms with E-state index in [2.05, 4.69) is 0 Å². The lowest BCUT2D eigenvalue weighted by Gasteiger charge is -2.15. The molecular weight excluding hydrogens is 253 g/mol. The maximum absolute atomic E-state index is 12.9. The monoisotopic (exact) mass is 273 g/mol. The summed E-state index contributed by atoms with van der Waals surface area (Å²) >= 11 is 0. The van der Waals surface area contributed by atoms with Gasteiger partial charge in [0.2, 0.25) is 0 Å². The smallest absolute Gasteiger partial charge is 0.125 e. The number of para-hydroxylation sites is 1. The second-order valence-electron chi connectivity index (χ2n) is 5.16. The van der Waals surface area contributed by atoms with E-state index in [0.717, 1.165) is 28.9 Å². The molecule has 0 heterocycles. The lowest BCUT2D eigenvalue weighted by atomic mass is 10.0. The first-order valence-electron chi connectivity index (χ1n) is 6.77. The molecule has 106 valence electrons. The third-order valence-corrected chi connectivity index (χ3v) is 3.13. The Hall–Kier alpha value is -1.87. The summed E-state index contributed by atoms with van der Waals surface area (Å²) in [5.74, 6) is 0.649. The minimum Gasteiger partial charge on any atom is -0.488 e. The topological polar surface area (TPSA) is 35.2 Å². The molecule has 20 heavy (non-hydrogen) atoms. The number of ether oxygens (including phenoxy) is 1. The van der Waals surface area contributed by atoms with Crippen molar-refractivity contribution < 1.29 is 9.13 Å². The molecule has 0 saturated carbocycles. The van der Waals surface area contributed by atoms with Crippen LogP contribution < -0.4 is 10.5 Å². The Labute approximate surface area is 119 Å². The Morgan fingerprint density at radius 1 is 1.15 bits per heavy atom. The molecule has 0 amide bonds. The number of hydrogen-bond donors (Lipinski definition) is 1. The lowest BCUT2D eigenvalue weighted by molar-refractivity contribution is 0.300. The zero-order chi connectivity index (χ0) is 14.5. The molecular formula is C17H20FNO. The van der Waals surface area contributed by atoms with Crippen molar-refractivity contribution in [2.24, 2.45) is 5.73 Å². The second kappa shape index (κ2) is 6.53. The quantitative estimate of drug-likeness (QED) is 0.903. The molecule has 0 aliphatic rings. The van der Waals surface area contributed by atoms with E-state index < -0.39 is 0 Å². The number of benzene rings is 2. The first-order chi connectivity index (χ1) is 9.56. The predicted molar refractivity (Wildman–Crippen MR) is 79.3 cm³/mol. The van der Waals surface area contributed by atoms with E-state index in [4.69, 9.17) is 10.5 Å². The van der Waals surface area contributed by atoms with Crippen LogP contribution in [0.1, 0.15) is 23.6 Å². The van der Waals surface area contributed by atoms with E-state index in [9.17, 15) is 4.39 Å². The molecule has 0 aromatic heterocycles. The molecule has 2 nitrogen and oxygen atoms in total. The summed E-state index contributed by atoms with van der Waals surface area (Å²) in [7, 11) is 0. The van der Waals surface area contributed by atoms with Gasteiger partial charge in [-0.1, -0.05) is 30.3 Å². The van der Waals surface area contributed by atoms with Crippen molar-refractivity contribution in [3.05, 3.63) is 65.0 Å². The van der Waals surface area contributed by atoms with Crippen LogP contribution in [-0.2, 0) is 13.0 Å². The first kappa shape index (κ1) is 14.5. The molecule has 0 saturated heterocycles. The van der Waals surface area contributed by atoms with Crippen LogP contribution in [0.4, 0.5) is 4.39 Å². The van der Waals surface area contributed by atoms with Crippen LogP contribution in [0.3, 0.4) is 0 Å². The maximum atomic E-state index is 12.9. The Balaban J connectivity index is 2.13. The molecule has 2 N–H and O–H groups in total. The van der Waals surface area contributed by atoms with Crippen molar-refractivity contribution >= 4 is 0 Å². The van der Waals surface area contributed by atoms with E-state index in [-0.39, 0.29) is 11.9 Å². The minimum atomic E-state index is -0.234. The van der Waals surface area contributed by atoms with Crippen molar-refractivity contribution in [2.75, 3.05) is 0 Å². The van der Waals surface area contributed by atoms with Gasteiger partial charge in [-0.2, -0.15) is 0 Å². The summed E-state index contributed by atoms with van der Waals surface area (Å²) in [4.78, 5) is 0. The van der Waals surface area contributed by atoms with Gasteiger partial charge < -0.3 is 10.5 Å². The van der Waals surface area contributed by atoms with Crippen LogP contribution in [0.5, 0.6) is 5.75 Å². The Kier molecular flexibility index (Phi) is 4.74. The van der Waals surface area contributed by atoms with E-state index in [1.165, 1.54) is 12.1 Å². The normalized spacial score (nSPS) is 12.2. The Morgan fingerprint density at radius 2 is 1.85 bits per heavy atom. The van der Waals surface area contributed by atoms with Crippen molar-refractivity contribution in [2.45, 2.75) is 32.9 Å². The highest BCUT2D eigenvalue weighted by molar-refractivity contribution is 5.41. The number of halogens is 1. The lowest BCUT2D eigenvalue weighted by Crippen LogP contribution is -2.18. The van der Waals surface area contributed by atoms with Crippen molar-refractivity contribution in [1.82, 2.24) is 0 Å². The van der Waals surface area contributed by atoms with E-state index >= 15 is 0 Å². The SMILES string of the molecule is Cc1cccc(CC(C)N)c1OCc1ccc(F)cc1. The third-order valence-electron chi connectivity index (χ3n) is 3.13. The number of nitrogens with two attached hydrogens (primary N) is 1.